The van der Waals surface area contributed by atoms with Crippen molar-refractivity contribution in [3.63, 3.8) is 0 Å². The van der Waals surface area contributed by atoms with Crippen LogP contribution in [0.5, 0.6) is 0 Å². The van der Waals surface area contributed by atoms with E-state index >= 15 is 0 Å². The molecule has 0 radical (unpaired) electrons. The van der Waals surface area contributed by atoms with E-state index in [0.29, 0.717) is 12.5 Å². The van der Waals surface area contributed by atoms with E-state index < -0.39 is 5.82 Å². The van der Waals surface area contributed by atoms with Crippen molar-refractivity contribution < 1.29 is 4.39 Å². The lowest BCUT2D eigenvalue weighted by Gasteiger charge is -2.13. The van der Waals surface area contributed by atoms with Crippen LogP contribution in [0.4, 0.5) is 10.3 Å². The molecule has 0 amide bonds. The van der Waals surface area contributed by atoms with E-state index in [4.69, 9.17) is 0 Å². The number of rotatable bonds is 3. The first-order chi connectivity index (χ1) is 5.74. The maximum absolute atomic E-state index is 12.4. The first-order valence-electron chi connectivity index (χ1n) is 3.53. The highest BCUT2D eigenvalue weighted by atomic mass is 19.1. The van der Waals surface area contributed by atoms with E-state index in [-0.39, 0.29) is 0 Å². The second-order valence-corrected chi connectivity index (χ2v) is 2.37. The molecule has 64 valence electrons. The zero-order valence-electron chi connectivity index (χ0n) is 6.87. The van der Waals surface area contributed by atoms with Gasteiger partial charge in [-0.15, -0.1) is 6.58 Å². The topological polar surface area (TPSA) is 29.0 Å². The maximum atomic E-state index is 12.4. The highest BCUT2D eigenvalue weighted by Gasteiger charge is 2.00. The predicted octanol–water partition coefficient (Wildman–Crippen LogP) is 1.24. The van der Waals surface area contributed by atoms with Crippen molar-refractivity contribution in [2.45, 2.75) is 0 Å². The number of hydrogen-bond acceptors (Lipinski definition) is 3. The maximum Gasteiger partial charge on any atom is 0.225 e. The van der Waals surface area contributed by atoms with Crippen LogP contribution in [0, 0.1) is 5.82 Å². The molecule has 1 aromatic rings. The molecule has 1 rings (SSSR count). The predicted molar refractivity (Wildman–Crippen MR) is 45.5 cm³/mol. The Kier molecular flexibility index (Phi) is 2.74. The van der Waals surface area contributed by atoms with Crippen molar-refractivity contribution in [3.05, 3.63) is 30.9 Å². The minimum absolute atomic E-state index is 0.425. The molecule has 0 N–H and O–H groups in total. The van der Waals surface area contributed by atoms with E-state index in [1.54, 1.807) is 11.0 Å². The van der Waals surface area contributed by atoms with Gasteiger partial charge >= 0.3 is 0 Å². The van der Waals surface area contributed by atoms with Crippen LogP contribution >= 0.6 is 0 Å². The summed E-state index contributed by atoms with van der Waals surface area (Å²) in [6, 6.07) is 0. The molecule has 0 saturated heterocycles. The molecule has 0 aromatic carbocycles. The van der Waals surface area contributed by atoms with Crippen molar-refractivity contribution in [1.82, 2.24) is 9.97 Å². The molecule has 12 heavy (non-hydrogen) atoms. The van der Waals surface area contributed by atoms with E-state index in [1.165, 1.54) is 0 Å². The molecule has 0 atom stereocenters. The first-order valence-corrected chi connectivity index (χ1v) is 3.53. The van der Waals surface area contributed by atoms with E-state index in [9.17, 15) is 4.39 Å². The third-order valence-corrected chi connectivity index (χ3v) is 1.35. The molecule has 0 fully saturated rings. The molecule has 1 aromatic heterocycles. The smallest absolute Gasteiger partial charge is 0.225 e. The van der Waals surface area contributed by atoms with Gasteiger partial charge < -0.3 is 4.90 Å². The number of nitrogens with zero attached hydrogens (tertiary/aromatic N) is 3. The Morgan fingerprint density at radius 2 is 2.17 bits per heavy atom. The molecule has 0 unspecified atom stereocenters. The molecule has 4 heteroatoms. The average Bonchev–Trinajstić information content (AvgIpc) is 2.06. The second-order valence-electron chi connectivity index (χ2n) is 2.37. The second kappa shape index (κ2) is 3.80. The summed E-state index contributed by atoms with van der Waals surface area (Å²) in [5.74, 6) is 0.0713. The Morgan fingerprint density at radius 3 is 2.67 bits per heavy atom. The molecular formula is C8H10FN3. The highest BCUT2D eigenvalue weighted by molar-refractivity contribution is 5.27. The molecule has 0 bridgehead atoms. The summed E-state index contributed by atoms with van der Waals surface area (Å²) in [7, 11) is 1.81. The minimum Gasteiger partial charge on any atom is -0.340 e. The highest BCUT2D eigenvalue weighted by Crippen LogP contribution is 2.02. The van der Waals surface area contributed by atoms with Gasteiger partial charge in [-0.3, -0.25) is 0 Å². The molecule has 0 aliphatic heterocycles. The van der Waals surface area contributed by atoms with Crippen molar-refractivity contribution in [1.29, 1.82) is 0 Å². The van der Waals surface area contributed by atoms with Gasteiger partial charge in [0.15, 0.2) is 5.82 Å². The number of hydrogen-bond donors (Lipinski definition) is 0. The Morgan fingerprint density at radius 1 is 1.58 bits per heavy atom. The fraction of sp³-hybridized carbons (Fsp3) is 0.250. The Hall–Kier alpha value is -1.45. The number of likely N-dealkylation sites (N-methyl/N-ethyl adjacent to an activating group) is 1. The van der Waals surface area contributed by atoms with Crippen LogP contribution in [0.2, 0.25) is 0 Å². The molecule has 0 aliphatic carbocycles. The fourth-order valence-electron chi connectivity index (χ4n) is 0.778. The fourth-order valence-corrected chi connectivity index (χ4v) is 0.778. The molecule has 3 nitrogen and oxygen atoms in total. The number of anilines is 1. The van der Waals surface area contributed by atoms with Crippen molar-refractivity contribution in [2.75, 3.05) is 18.5 Å². The molecule has 0 spiro atoms. The monoisotopic (exact) mass is 167 g/mol. The number of halogens is 1. The van der Waals surface area contributed by atoms with Gasteiger partial charge in [0.2, 0.25) is 5.95 Å². The van der Waals surface area contributed by atoms with Gasteiger partial charge in [0, 0.05) is 13.6 Å². The van der Waals surface area contributed by atoms with Gasteiger partial charge in [-0.2, -0.15) is 0 Å². The van der Waals surface area contributed by atoms with Crippen LogP contribution in [-0.4, -0.2) is 23.6 Å². The van der Waals surface area contributed by atoms with Gasteiger partial charge in [-0.25, -0.2) is 14.4 Å². The third kappa shape index (κ3) is 2.02. The molecular weight excluding hydrogens is 157 g/mol. The van der Waals surface area contributed by atoms with Crippen molar-refractivity contribution >= 4 is 5.95 Å². The normalized spacial score (nSPS) is 9.50. The standard InChI is InChI=1S/C8H10FN3/c1-3-4-12(2)8-10-5-7(9)6-11-8/h3,5-6H,1,4H2,2H3. The summed E-state index contributed by atoms with van der Waals surface area (Å²) in [6.07, 6.45) is 4.01. The van der Waals surface area contributed by atoms with Gasteiger partial charge in [0.25, 0.3) is 0 Å². The van der Waals surface area contributed by atoms with Crippen molar-refractivity contribution in [2.24, 2.45) is 0 Å². The van der Waals surface area contributed by atoms with Gasteiger partial charge in [-0.05, 0) is 0 Å². The van der Waals surface area contributed by atoms with E-state index in [0.717, 1.165) is 12.4 Å². The SMILES string of the molecule is C=CCN(C)c1ncc(F)cn1. The van der Waals surface area contributed by atoms with Crippen LogP contribution in [0.1, 0.15) is 0 Å². The minimum atomic E-state index is -0.425. The Bertz CT molecular complexity index is 258. The van der Waals surface area contributed by atoms with Crippen LogP contribution in [0.3, 0.4) is 0 Å². The Labute approximate surface area is 70.6 Å². The third-order valence-electron chi connectivity index (χ3n) is 1.35. The molecule has 0 saturated carbocycles. The summed E-state index contributed by atoms with van der Waals surface area (Å²) in [4.78, 5) is 9.35. The summed E-state index contributed by atoms with van der Waals surface area (Å²) in [6.45, 7) is 4.22. The van der Waals surface area contributed by atoms with Gasteiger partial charge in [-0.1, -0.05) is 6.08 Å². The van der Waals surface area contributed by atoms with Crippen LogP contribution in [-0.2, 0) is 0 Å². The summed E-state index contributed by atoms with van der Waals surface area (Å²) >= 11 is 0. The molecule has 1 heterocycles. The van der Waals surface area contributed by atoms with E-state index in [2.05, 4.69) is 16.5 Å². The van der Waals surface area contributed by atoms with Crippen LogP contribution in [0.25, 0.3) is 0 Å². The quantitative estimate of drug-likeness (QED) is 0.634. The van der Waals surface area contributed by atoms with Crippen molar-refractivity contribution in [3.8, 4) is 0 Å². The van der Waals surface area contributed by atoms with Gasteiger partial charge in [0.05, 0.1) is 12.4 Å². The lowest BCUT2D eigenvalue weighted by Crippen LogP contribution is -2.19. The summed E-state index contributed by atoms with van der Waals surface area (Å²) in [5.41, 5.74) is 0. The van der Waals surface area contributed by atoms with E-state index in [1.807, 2.05) is 7.05 Å². The average molecular weight is 167 g/mol. The Balaban J connectivity index is 2.74. The lowest BCUT2D eigenvalue weighted by atomic mass is 10.5. The van der Waals surface area contributed by atoms with Crippen LogP contribution in [0.15, 0.2) is 25.0 Å². The van der Waals surface area contributed by atoms with Crippen LogP contribution < -0.4 is 4.90 Å². The summed E-state index contributed by atoms with van der Waals surface area (Å²) < 4.78 is 12.4. The first kappa shape index (κ1) is 8.64. The zero-order chi connectivity index (χ0) is 8.97. The lowest BCUT2D eigenvalue weighted by molar-refractivity contribution is 0.612. The largest absolute Gasteiger partial charge is 0.340 e. The van der Waals surface area contributed by atoms with Gasteiger partial charge in [0.1, 0.15) is 0 Å². The summed E-state index contributed by atoms with van der Waals surface area (Å²) in [5, 5.41) is 0. The molecule has 0 aliphatic rings. The number of aromatic nitrogens is 2. The zero-order valence-corrected chi connectivity index (χ0v) is 6.87.